The maximum atomic E-state index is 13.2. The molecule has 0 radical (unpaired) electrons. The van der Waals surface area contributed by atoms with Crippen LogP contribution in [0.4, 0.5) is 0 Å². The van der Waals surface area contributed by atoms with Crippen LogP contribution in [0.2, 0.25) is 5.02 Å². The molecule has 0 saturated heterocycles. The lowest BCUT2D eigenvalue weighted by Crippen LogP contribution is -2.33. The summed E-state index contributed by atoms with van der Waals surface area (Å²) in [4.78, 5) is 39.0. The Kier molecular flexibility index (Phi) is 8.60. The number of hydrogen-bond donors (Lipinski definition) is 1. The second-order valence-corrected chi connectivity index (χ2v) is 11.6. The summed E-state index contributed by atoms with van der Waals surface area (Å²) in [7, 11) is 0. The minimum atomic E-state index is -1.17. The minimum Gasteiger partial charge on any atom is -0.448 e. The number of halogens is 1. The van der Waals surface area contributed by atoms with Crippen molar-refractivity contribution >= 4 is 29.3 Å². The second kappa shape index (κ2) is 11.3. The van der Waals surface area contributed by atoms with Crippen molar-refractivity contribution in [2.24, 2.45) is 0 Å². The quantitative estimate of drug-likeness (QED) is 0.274. The molecule has 3 aromatic carbocycles. The summed E-state index contributed by atoms with van der Waals surface area (Å²) in [6.07, 6.45) is -1.17. The molecule has 0 aliphatic carbocycles. The normalized spacial score (nSPS) is 12.5. The summed E-state index contributed by atoms with van der Waals surface area (Å²) < 4.78 is 5.59. The molecule has 37 heavy (non-hydrogen) atoms. The highest BCUT2D eigenvalue weighted by Crippen LogP contribution is 2.30. The van der Waals surface area contributed by atoms with E-state index in [4.69, 9.17) is 16.3 Å². The van der Waals surface area contributed by atoms with Crippen LogP contribution in [0.25, 0.3) is 0 Å². The van der Waals surface area contributed by atoms with E-state index in [1.165, 1.54) is 0 Å². The Balaban J connectivity index is 1.78. The summed E-state index contributed by atoms with van der Waals surface area (Å²) >= 11 is 6.00. The SMILES string of the molecule is CC(C)(C)c1cc(C(=O)NCC(=O)O[C@H](C(=O)c2ccccc2)c2ccc(Cl)cc2)cc(C(C)(C)C)c1. The Hall–Kier alpha value is -3.44. The number of nitrogens with one attached hydrogen (secondary N) is 1. The molecule has 3 aromatic rings. The average molecular weight is 520 g/mol. The lowest BCUT2D eigenvalue weighted by molar-refractivity contribution is -0.146. The van der Waals surface area contributed by atoms with Gasteiger partial charge in [0.1, 0.15) is 6.54 Å². The van der Waals surface area contributed by atoms with E-state index in [1.54, 1.807) is 54.6 Å². The first-order chi connectivity index (χ1) is 17.3. The van der Waals surface area contributed by atoms with Gasteiger partial charge in [0, 0.05) is 21.7 Å². The van der Waals surface area contributed by atoms with Crippen molar-refractivity contribution in [3.8, 4) is 0 Å². The summed E-state index contributed by atoms with van der Waals surface area (Å²) in [5.74, 6) is -1.47. The van der Waals surface area contributed by atoms with Gasteiger partial charge in [0.05, 0.1) is 0 Å². The molecule has 0 aliphatic heterocycles. The van der Waals surface area contributed by atoms with Crippen LogP contribution in [0, 0.1) is 0 Å². The number of esters is 1. The van der Waals surface area contributed by atoms with E-state index in [1.807, 2.05) is 12.1 Å². The number of hydrogen-bond acceptors (Lipinski definition) is 4. The van der Waals surface area contributed by atoms with Gasteiger partial charge in [-0.2, -0.15) is 0 Å². The van der Waals surface area contributed by atoms with Crippen molar-refractivity contribution in [3.05, 3.63) is 106 Å². The summed E-state index contributed by atoms with van der Waals surface area (Å²) in [6.45, 7) is 12.2. The maximum Gasteiger partial charge on any atom is 0.326 e. The van der Waals surface area contributed by atoms with Crippen LogP contribution in [0.1, 0.15) is 85.1 Å². The first kappa shape index (κ1) is 28.1. The van der Waals surface area contributed by atoms with Crippen molar-refractivity contribution < 1.29 is 19.1 Å². The third-order valence-corrected chi connectivity index (χ3v) is 6.29. The van der Waals surface area contributed by atoms with Crippen LogP contribution < -0.4 is 5.32 Å². The smallest absolute Gasteiger partial charge is 0.326 e. The Bertz CT molecular complexity index is 1240. The van der Waals surface area contributed by atoms with Crippen molar-refractivity contribution in [2.45, 2.75) is 58.5 Å². The molecule has 0 aliphatic rings. The third-order valence-electron chi connectivity index (χ3n) is 6.04. The third kappa shape index (κ3) is 7.53. The molecule has 6 heteroatoms. The number of Topliss-reactive ketones (excluding diaryl/α,β-unsaturated/α-hetero) is 1. The molecule has 5 nitrogen and oxygen atoms in total. The predicted molar refractivity (Wildman–Crippen MR) is 147 cm³/mol. The predicted octanol–water partition coefficient (Wildman–Crippen LogP) is 6.83. The van der Waals surface area contributed by atoms with Gasteiger partial charge in [0.2, 0.25) is 5.78 Å². The lowest BCUT2D eigenvalue weighted by Gasteiger charge is -2.26. The highest BCUT2D eigenvalue weighted by Gasteiger charge is 2.27. The molecule has 1 atom stereocenters. The monoisotopic (exact) mass is 519 g/mol. The van der Waals surface area contributed by atoms with Gasteiger partial charge in [-0.15, -0.1) is 0 Å². The van der Waals surface area contributed by atoms with E-state index in [-0.39, 0.29) is 29.1 Å². The molecule has 0 aromatic heterocycles. The highest BCUT2D eigenvalue weighted by atomic mass is 35.5. The molecule has 3 rings (SSSR count). The fourth-order valence-corrected chi connectivity index (χ4v) is 3.84. The number of ketones is 1. The summed E-state index contributed by atoms with van der Waals surface area (Å²) in [5, 5.41) is 3.16. The molecule has 0 fully saturated rings. The van der Waals surface area contributed by atoms with Gasteiger partial charge in [0.25, 0.3) is 5.91 Å². The van der Waals surface area contributed by atoms with Gasteiger partial charge in [0.15, 0.2) is 6.10 Å². The number of amides is 1. The van der Waals surface area contributed by atoms with Crippen molar-refractivity contribution in [2.75, 3.05) is 6.54 Å². The molecule has 0 heterocycles. The zero-order chi connectivity index (χ0) is 27.4. The molecular formula is C31H34ClNO4. The molecule has 1 amide bonds. The van der Waals surface area contributed by atoms with Crippen LogP contribution in [0.3, 0.4) is 0 Å². The van der Waals surface area contributed by atoms with Crippen LogP contribution in [-0.4, -0.2) is 24.2 Å². The van der Waals surface area contributed by atoms with Gasteiger partial charge in [-0.05, 0) is 46.2 Å². The zero-order valence-corrected chi connectivity index (χ0v) is 23.0. The van der Waals surface area contributed by atoms with E-state index in [0.29, 0.717) is 21.7 Å². The van der Waals surface area contributed by atoms with Gasteiger partial charge in [-0.1, -0.05) is 102 Å². The van der Waals surface area contributed by atoms with Crippen LogP contribution >= 0.6 is 11.6 Å². The van der Waals surface area contributed by atoms with E-state index in [9.17, 15) is 14.4 Å². The van der Waals surface area contributed by atoms with E-state index >= 15 is 0 Å². The standard InChI is InChI=1S/C31H34ClNO4/c1-30(2,3)23-16-22(17-24(18-23)31(4,5)6)29(36)33-19-26(34)37-28(21-12-14-25(32)15-13-21)27(35)20-10-8-7-9-11-20/h7-18,28H,19H2,1-6H3,(H,33,36)/t28-/m0/s1. The largest absolute Gasteiger partial charge is 0.448 e. The Morgan fingerprint density at radius 2 is 1.32 bits per heavy atom. The lowest BCUT2D eigenvalue weighted by atomic mass is 9.79. The number of rotatable bonds is 7. The van der Waals surface area contributed by atoms with Crippen LogP contribution in [0.5, 0.6) is 0 Å². The first-order valence-electron chi connectivity index (χ1n) is 12.2. The fourth-order valence-electron chi connectivity index (χ4n) is 3.72. The van der Waals surface area contributed by atoms with Crippen molar-refractivity contribution in [3.63, 3.8) is 0 Å². The molecule has 1 N–H and O–H groups in total. The van der Waals surface area contributed by atoms with Crippen LogP contribution in [-0.2, 0) is 20.4 Å². The van der Waals surface area contributed by atoms with Crippen molar-refractivity contribution in [1.29, 1.82) is 0 Å². The van der Waals surface area contributed by atoms with E-state index < -0.39 is 12.1 Å². The Labute approximate surface area is 224 Å². The fraction of sp³-hybridized carbons (Fsp3) is 0.323. The molecule has 194 valence electrons. The molecule has 0 spiro atoms. The number of benzene rings is 3. The number of ether oxygens (including phenoxy) is 1. The average Bonchev–Trinajstić information content (AvgIpc) is 2.85. The molecule has 0 unspecified atom stereocenters. The zero-order valence-electron chi connectivity index (χ0n) is 22.2. The Morgan fingerprint density at radius 1 is 0.784 bits per heavy atom. The second-order valence-electron chi connectivity index (χ2n) is 11.1. The minimum absolute atomic E-state index is 0.154. The molecule has 0 bridgehead atoms. The van der Waals surface area contributed by atoms with Gasteiger partial charge >= 0.3 is 5.97 Å². The van der Waals surface area contributed by atoms with Gasteiger partial charge in [-0.25, -0.2) is 0 Å². The molecule has 0 saturated carbocycles. The highest BCUT2D eigenvalue weighted by molar-refractivity contribution is 6.30. The molecular weight excluding hydrogens is 486 g/mol. The van der Waals surface area contributed by atoms with Crippen molar-refractivity contribution in [1.82, 2.24) is 5.32 Å². The van der Waals surface area contributed by atoms with Gasteiger partial charge in [-0.3, -0.25) is 14.4 Å². The number of carbonyl (C=O) groups is 3. The first-order valence-corrected chi connectivity index (χ1v) is 12.6. The van der Waals surface area contributed by atoms with E-state index in [0.717, 1.165) is 11.1 Å². The topological polar surface area (TPSA) is 72.5 Å². The van der Waals surface area contributed by atoms with Crippen LogP contribution in [0.15, 0.2) is 72.8 Å². The maximum absolute atomic E-state index is 13.2. The summed E-state index contributed by atoms with van der Waals surface area (Å²) in [6, 6.07) is 21.0. The van der Waals surface area contributed by atoms with Gasteiger partial charge < -0.3 is 10.1 Å². The number of carbonyl (C=O) groups excluding carboxylic acids is 3. The summed E-state index contributed by atoms with van der Waals surface area (Å²) in [5.41, 5.74) is 3.13. The van der Waals surface area contributed by atoms with E-state index in [2.05, 4.69) is 52.9 Å². The Morgan fingerprint density at radius 3 is 1.84 bits per heavy atom.